The fourth-order valence-electron chi connectivity index (χ4n) is 0.882. The minimum atomic E-state index is -2.37. The summed E-state index contributed by atoms with van der Waals surface area (Å²) in [5.41, 5.74) is 1.65. The van der Waals surface area contributed by atoms with Crippen LogP contribution in [0.25, 0.3) is 0 Å². The summed E-state index contributed by atoms with van der Waals surface area (Å²) >= 11 is 3.26. The second kappa shape index (κ2) is 4.05. The lowest BCUT2D eigenvalue weighted by molar-refractivity contribution is 0.614. The van der Waals surface area contributed by atoms with E-state index in [1.165, 1.54) is 0 Å². The first-order chi connectivity index (χ1) is 5.59. The van der Waals surface area contributed by atoms with E-state index in [1.54, 1.807) is 0 Å². The Kier molecular flexibility index (Phi) is 3.29. The predicted molar refractivity (Wildman–Crippen MR) is 51.7 cm³/mol. The van der Waals surface area contributed by atoms with Crippen LogP contribution in [0.5, 0.6) is 0 Å². The van der Waals surface area contributed by atoms with Crippen molar-refractivity contribution >= 4 is 26.6 Å². The molecule has 0 aliphatic rings. The van der Waals surface area contributed by atoms with Crippen molar-refractivity contribution in [3.05, 3.63) is 33.8 Å². The molecular formula is C8H8BrO2S. The van der Waals surface area contributed by atoms with E-state index in [-0.39, 0.29) is 5.75 Å². The van der Waals surface area contributed by atoms with Gasteiger partial charge in [-0.2, -0.15) is 0 Å². The molecule has 0 amide bonds. The summed E-state index contributed by atoms with van der Waals surface area (Å²) in [5.74, 6) is 0.0532. The molecule has 0 aromatic heterocycles. The lowest BCUT2D eigenvalue weighted by Gasteiger charge is -1.99. The van der Waals surface area contributed by atoms with Gasteiger partial charge in [0.1, 0.15) is 10.7 Å². The van der Waals surface area contributed by atoms with E-state index in [2.05, 4.69) is 22.0 Å². The van der Waals surface area contributed by atoms with E-state index < -0.39 is 10.7 Å². The van der Waals surface area contributed by atoms with Crippen molar-refractivity contribution in [2.75, 3.05) is 0 Å². The quantitative estimate of drug-likeness (QED) is 0.808. The van der Waals surface area contributed by atoms with Crippen LogP contribution in [0, 0.1) is 13.0 Å². The molecule has 0 atom stereocenters. The van der Waals surface area contributed by atoms with Gasteiger partial charge < -0.3 is 0 Å². The van der Waals surface area contributed by atoms with Crippen LogP contribution in [0.1, 0.15) is 11.1 Å². The normalized spacial score (nSPS) is 10.6. The van der Waals surface area contributed by atoms with Crippen LogP contribution in [-0.2, 0) is 16.5 Å². The zero-order valence-corrected chi connectivity index (χ0v) is 8.98. The van der Waals surface area contributed by atoms with Gasteiger partial charge >= 0.3 is 0 Å². The van der Waals surface area contributed by atoms with E-state index in [1.807, 2.05) is 19.1 Å². The van der Waals surface area contributed by atoms with Gasteiger partial charge in [0, 0.05) is 4.47 Å². The van der Waals surface area contributed by atoms with Gasteiger partial charge in [0.2, 0.25) is 0 Å². The van der Waals surface area contributed by atoms with Gasteiger partial charge in [0.05, 0.1) is 5.75 Å². The number of thiol groups is 1. The third kappa shape index (κ3) is 2.60. The number of hydrogen-bond donors (Lipinski definition) is 1. The number of benzene rings is 1. The topological polar surface area (TPSA) is 34.1 Å². The molecule has 0 heterocycles. The van der Waals surface area contributed by atoms with Gasteiger partial charge in [-0.15, -0.1) is 0 Å². The summed E-state index contributed by atoms with van der Waals surface area (Å²) < 4.78 is 21.7. The molecule has 0 saturated heterocycles. The summed E-state index contributed by atoms with van der Waals surface area (Å²) in [6.45, 7) is 1.88. The Bertz CT molecular complexity index is 350. The largest absolute Gasteiger partial charge is 0.232 e. The van der Waals surface area contributed by atoms with Gasteiger partial charge in [0.25, 0.3) is 0 Å². The Morgan fingerprint density at radius 3 is 2.75 bits per heavy atom. The van der Waals surface area contributed by atoms with E-state index >= 15 is 0 Å². The van der Waals surface area contributed by atoms with Crippen LogP contribution in [0.4, 0.5) is 0 Å². The molecule has 1 aromatic carbocycles. The average Bonchev–Trinajstić information content (AvgIpc) is 1.96. The van der Waals surface area contributed by atoms with E-state index in [0.29, 0.717) is 5.56 Å². The lowest BCUT2D eigenvalue weighted by atomic mass is 10.2. The first kappa shape index (κ1) is 9.74. The van der Waals surface area contributed by atoms with Crippen molar-refractivity contribution in [3.63, 3.8) is 0 Å². The van der Waals surface area contributed by atoms with Gasteiger partial charge in [-0.25, -0.2) is 8.42 Å². The zero-order chi connectivity index (χ0) is 9.14. The standard InChI is InChI=1S/C8H8BrO2S/c1-6-2-3-8(9)7(4-6)5-12(10)11/h2-3,12H,5H2,1H3. The van der Waals surface area contributed by atoms with Gasteiger partial charge in [0.15, 0.2) is 0 Å². The Balaban J connectivity index is 3.05. The van der Waals surface area contributed by atoms with Crippen LogP contribution in [-0.4, -0.2) is 8.42 Å². The highest BCUT2D eigenvalue weighted by molar-refractivity contribution is 9.10. The first-order valence-electron chi connectivity index (χ1n) is 3.38. The first-order valence-corrected chi connectivity index (χ1v) is 5.54. The van der Waals surface area contributed by atoms with Gasteiger partial charge in [-0.3, -0.25) is 0 Å². The summed E-state index contributed by atoms with van der Waals surface area (Å²) in [6, 6.07) is 6.69. The van der Waals surface area contributed by atoms with Crippen LogP contribution in [0.2, 0.25) is 0 Å². The molecule has 0 fully saturated rings. The monoisotopic (exact) mass is 247 g/mol. The molecular weight excluding hydrogens is 240 g/mol. The minimum absolute atomic E-state index is 0.0532. The highest BCUT2D eigenvalue weighted by Crippen LogP contribution is 2.17. The van der Waals surface area contributed by atoms with E-state index in [4.69, 9.17) is 0 Å². The fraction of sp³-hybridized carbons (Fsp3) is 0.250. The second-order valence-electron chi connectivity index (χ2n) is 2.46. The predicted octanol–water partition coefficient (Wildman–Crippen LogP) is 1.67. The Labute approximate surface area is 81.7 Å². The van der Waals surface area contributed by atoms with Crippen molar-refractivity contribution in [3.8, 4) is 0 Å². The smallest absolute Gasteiger partial charge is 0.144 e. The molecule has 0 saturated carbocycles. The Morgan fingerprint density at radius 2 is 2.17 bits per heavy atom. The Hall–Kier alpha value is -0.350. The number of halogens is 1. The molecule has 12 heavy (non-hydrogen) atoms. The minimum Gasteiger partial charge on any atom is -0.232 e. The van der Waals surface area contributed by atoms with Gasteiger partial charge in [-0.05, 0) is 30.2 Å². The summed E-state index contributed by atoms with van der Waals surface area (Å²) in [4.78, 5) is 0. The van der Waals surface area contributed by atoms with Crippen molar-refractivity contribution in [1.29, 1.82) is 0 Å². The van der Waals surface area contributed by atoms with Crippen LogP contribution >= 0.6 is 15.9 Å². The third-order valence-corrected chi connectivity index (χ3v) is 2.72. The molecule has 0 spiro atoms. The van der Waals surface area contributed by atoms with Crippen molar-refractivity contribution in [2.45, 2.75) is 12.7 Å². The number of aryl methyl sites for hydroxylation is 1. The van der Waals surface area contributed by atoms with Crippen molar-refractivity contribution in [2.24, 2.45) is 0 Å². The molecule has 0 bridgehead atoms. The van der Waals surface area contributed by atoms with E-state index in [0.717, 1.165) is 10.0 Å². The molecule has 0 aliphatic carbocycles. The van der Waals surface area contributed by atoms with Crippen LogP contribution in [0.15, 0.2) is 16.6 Å². The molecule has 1 rings (SSSR count). The maximum absolute atomic E-state index is 10.4. The average molecular weight is 248 g/mol. The molecule has 0 aliphatic heterocycles. The van der Waals surface area contributed by atoms with Crippen LogP contribution in [0.3, 0.4) is 0 Å². The van der Waals surface area contributed by atoms with Crippen LogP contribution < -0.4 is 0 Å². The lowest BCUT2D eigenvalue weighted by Crippen LogP contribution is -1.89. The summed E-state index contributed by atoms with van der Waals surface area (Å²) in [7, 11) is -2.37. The molecule has 2 nitrogen and oxygen atoms in total. The zero-order valence-electron chi connectivity index (χ0n) is 6.50. The van der Waals surface area contributed by atoms with E-state index in [9.17, 15) is 8.42 Å². The molecule has 65 valence electrons. The highest BCUT2D eigenvalue weighted by Gasteiger charge is 2.00. The van der Waals surface area contributed by atoms with Gasteiger partial charge in [-0.1, -0.05) is 22.0 Å². The fourth-order valence-corrected chi connectivity index (χ4v) is 1.98. The molecule has 1 aromatic rings. The highest BCUT2D eigenvalue weighted by atomic mass is 79.9. The van der Waals surface area contributed by atoms with Crippen molar-refractivity contribution in [1.82, 2.24) is 0 Å². The molecule has 4 heteroatoms. The maximum atomic E-state index is 10.4. The third-order valence-electron chi connectivity index (χ3n) is 1.40. The Morgan fingerprint density at radius 1 is 1.50 bits per heavy atom. The van der Waals surface area contributed by atoms with Crippen molar-refractivity contribution < 1.29 is 8.42 Å². The summed E-state index contributed by atoms with van der Waals surface area (Å²) in [5, 5.41) is 0. The molecule has 1 radical (unpaired) electrons. The molecule has 0 unspecified atom stereocenters. The second-order valence-corrected chi connectivity index (χ2v) is 4.29. The summed E-state index contributed by atoms with van der Waals surface area (Å²) in [6.07, 6.45) is 0. The maximum Gasteiger partial charge on any atom is 0.144 e. The SMILES string of the molecule is Cc1[c]c(C[SH](=O)=O)c(Br)cc1. The number of hydrogen-bond acceptors (Lipinski definition) is 2. The molecule has 0 N–H and O–H groups in total. The number of rotatable bonds is 2.